The number of aliphatic hydroxyl groups excluding tert-OH is 3. The van der Waals surface area contributed by atoms with E-state index in [-0.39, 0.29) is 29.4 Å². The molecule has 2 fully saturated rings. The number of esters is 1. The van der Waals surface area contributed by atoms with Gasteiger partial charge in [0, 0.05) is 25.2 Å². The van der Waals surface area contributed by atoms with E-state index in [2.05, 4.69) is 0 Å². The lowest BCUT2D eigenvalue weighted by Crippen LogP contribution is -2.52. The maximum absolute atomic E-state index is 13.5. The zero-order valence-electron chi connectivity index (χ0n) is 26.3. The molecule has 2 unspecified atom stereocenters. The van der Waals surface area contributed by atoms with Crippen LogP contribution in [0.25, 0.3) is 0 Å². The van der Waals surface area contributed by atoms with Gasteiger partial charge in [-0.2, -0.15) is 0 Å². The molecule has 0 bridgehead atoms. The number of carbonyl (C=O) groups is 1. The van der Waals surface area contributed by atoms with E-state index in [0.29, 0.717) is 16.9 Å². The van der Waals surface area contributed by atoms with Gasteiger partial charge in [0.15, 0.2) is 11.2 Å². The van der Waals surface area contributed by atoms with E-state index in [0.717, 1.165) is 0 Å². The van der Waals surface area contributed by atoms with E-state index >= 15 is 0 Å². The van der Waals surface area contributed by atoms with Crippen LogP contribution in [0, 0.1) is 5.92 Å². The summed E-state index contributed by atoms with van der Waals surface area (Å²) in [5, 5.41) is 44.7. The number of aliphatic hydroxyl groups is 4. The van der Waals surface area contributed by atoms with Gasteiger partial charge in [-0.15, -0.1) is 0 Å². The third-order valence-electron chi connectivity index (χ3n) is 9.25. The first-order valence-corrected chi connectivity index (χ1v) is 15.0. The van der Waals surface area contributed by atoms with Crippen molar-refractivity contribution < 1.29 is 63.1 Å². The number of fused-ring (bicyclic) bond motifs is 3. The normalized spacial score (nSPS) is 31.7. The van der Waals surface area contributed by atoms with E-state index < -0.39 is 66.5 Å². The number of carbonyl (C=O) groups excluding carboxylic acids is 1. The van der Waals surface area contributed by atoms with Crippen molar-refractivity contribution in [1.82, 2.24) is 0 Å². The summed E-state index contributed by atoms with van der Waals surface area (Å²) in [4.78, 5) is 13.5. The summed E-state index contributed by atoms with van der Waals surface area (Å²) in [5.74, 6) is -2.05. The Morgan fingerprint density at radius 3 is 2.32 bits per heavy atom. The Morgan fingerprint density at radius 2 is 1.70 bits per heavy atom. The van der Waals surface area contributed by atoms with E-state index in [4.69, 9.17) is 37.9 Å². The largest absolute Gasteiger partial charge is 0.497 e. The van der Waals surface area contributed by atoms with Gasteiger partial charge in [-0.3, -0.25) is 4.79 Å². The molecule has 1 aliphatic carbocycles. The predicted octanol–water partition coefficient (Wildman–Crippen LogP) is 1.57. The summed E-state index contributed by atoms with van der Waals surface area (Å²) in [6.07, 6.45) is -6.03. The molecule has 2 aliphatic heterocycles. The number of methoxy groups -OCH3 is 4. The fourth-order valence-corrected chi connectivity index (χ4v) is 7.11. The summed E-state index contributed by atoms with van der Waals surface area (Å²) < 4.78 is 46.2. The van der Waals surface area contributed by atoms with Gasteiger partial charge in [0.05, 0.1) is 46.0 Å². The van der Waals surface area contributed by atoms with E-state index in [1.165, 1.54) is 40.6 Å². The van der Waals surface area contributed by atoms with Crippen LogP contribution in [0.5, 0.6) is 23.0 Å². The van der Waals surface area contributed by atoms with Crippen LogP contribution in [0.15, 0.2) is 66.7 Å². The lowest BCUT2D eigenvalue weighted by Gasteiger charge is -2.40. The summed E-state index contributed by atoms with van der Waals surface area (Å²) in [5.41, 5.74) is -2.88. The molecule has 4 N–H and O–H groups in total. The summed E-state index contributed by atoms with van der Waals surface area (Å²) in [6.45, 7) is -0.601. The molecule has 3 aromatic rings. The van der Waals surface area contributed by atoms with Crippen LogP contribution in [0.3, 0.4) is 0 Å². The topological polar surface area (TPSA) is 172 Å². The van der Waals surface area contributed by atoms with Gasteiger partial charge in [-0.1, -0.05) is 42.5 Å². The molecule has 3 aromatic carbocycles. The van der Waals surface area contributed by atoms with Crippen LogP contribution in [-0.4, -0.2) is 98.9 Å². The van der Waals surface area contributed by atoms with Crippen molar-refractivity contribution in [3.8, 4) is 23.0 Å². The first-order valence-electron chi connectivity index (χ1n) is 15.0. The molecule has 9 atom stereocenters. The van der Waals surface area contributed by atoms with Crippen molar-refractivity contribution in [2.75, 3.05) is 41.7 Å². The van der Waals surface area contributed by atoms with Gasteiger partial charge in [0.25, 0.3) is 6.29 Å². The van der Waals surface area contributed by atoms with Crippen LogP contribution >= 0.6 is 0 Å². The van der Waals surface area contributed by atoms with Crippen molar-refractivity contribution >= 4 is 5.97 Å². The molecule has 13 nitrogen and oxygen atoms in total. The number of rotatable bonds is 10. The number of hydrogen-bond donors (Lipinski definition) is 4. The van der Waals surface area contributed by atoms with E-state index in [1.807, 2.05) is 6.07 Å². The van der Waals surface area contributed by atoms with Gasteiger partial charge in [-0.05, 0) is 23.3 Å². The zero-order valence-corrected chi connectivity index (χ0v) is 26.3. The second kappa shape index (κ2) is 12.9. The molecule has 0 aromatic heterocycles. The van der Waals surface area contributed by atoms with E-state index in [9.17, 15) is 25.2 Å². The number of benzene rings is 3. The molecular weight excluding hydrogens is 616 g/mol. The molecule has 1 saturated carbocycles. The summed E-state index contributed by atoms with van der Waals surface area (Å²) in [6, 6.07) is 18.8. The minimum Gasteiger partial charge on any atom is -0.497 e. The van der Waals surface area contributed by atoms with Crippen molar-refractivity contribution in [2.24, 2.45) is 5.92 Å². The average Bonchev–Trinajstić information content (AvgIpc) is 3.49. The molecule has 6 rings (SSSR count). The van der Waals surface area contributed by atoms with Crippen LogP contribution in [0.2, 0.25) is 0 Å². The molecule has 3 aliphatic rings. The Bertz CT molecular complexity index is 1570. The van der Waals surface area contributed by atoms with Crippen molar-refractivity contribution in [2.45, 2.75) is 48.0 Å². The average molecular weight is 655 g/mol. The van der Waals surface area contributed by atoms with Gasteiger partial charge >= 0.3 is 5.97 Å². The quantitative estimate of drug-likeness (QED) is 0.233. The lowest BCUT2D eigenvalue weighted by atomic mass is 9.70. The molecule has 252 valence electrons. The zero-order chi connectivity index (χ0) is 33.5. The van der Waals surface area contributed by atoms with Gasteiger partial charge in [-0.25, -0.2) is 0 Å². The Kier molecular flexibility index (Phi) is 9.06. The fourth-order valence-electron chi connectivity index (χ4n) is 7.11. The Balaban J connectivity index is 1.52. The second-order valence-electron chi connectivity index (χ2n) is 11.6. The molecule has 0 amide bonds. The minimum atomic E-state index is -2.25. The molecule has 1 saturated heterocycles. The van der Waals surface area contributed by atoms with Crippen molar-refractivity contribution in [1.29, 1.82) is 0 Å². The van der Waals surface area contributed by atoms with Crippen LogP contribution in [0.4, 0.5) is 0 Å². The Labute approximate surface area is 271 Å². The SMILES string of the molecule is COC(=O)[C@H]1[C@@H](O)[C@@]2(O)c3c(OC)cc(O[C@@H]4O[C@@H](C(O)CO)COC4OC)cc3O[C@@]2(c2ccc(OC)cc2)[C@@H]1c1ccccc1. The number of ether oxygens (including phenoxy) is 8. The van der Waals surface area contributed by atoms with Crippen LogP contribution in [-0.2, 0) is 34.9 Å². The monoisotopic (exact) mass is 654 g/mol. The highest BCUT2D eigenvalue weighted by Gasteiger charge is 2.78. The van der Waals surface area contributed by atoms with Gasteiger partial charge < -0.3 is 58.3 Å². The highest BCUT2D eigenvalue weighted by Crippen LogP contribution is 2.70. The predicted molar refractivity (Wildman–Crippen MR) is 162 cm³/mol. The highest BCUT2D eigenvalue weighted by molar-refractivity contribution is 5.78. The minimum absolute atomic E-state index is 0.0474. The maximum atomic E-state index is 13.5. The Hall–Kier alpha value is -3.95. The third kappa shape index (κ3) is 5.10. The molecule has 2 heterocycles. The second-order valence-corrected chi connectivity index (χ2v) is 11.6. The Morgan fingerprint density at radius 1 is 0.979 bits per heavy atom. The molecular formula is C34H38O13. The molecule has 0 spiro atoms. The first kappa shape index (κ1) is 33.0. The number of hydrogen-bond acceptors (Lipinski definition) is 13. The summed E-state index contributed by atoms with van der Waals surface area (Å²) >= 11 is 0. The molecule has 0 radical (unpaired) electrons. The van der Waals surface area contributed by atoms with Crippen LogP contribution in [0.1, 0.15) is 22.6 Å². The van der Waals surface area contributed by atoms with E-state index in [1.54, 1.807) is 48.5 Å². The van der Waals surface area contributed by atoms with Crippen molar-refractivity contribution in [3.63, 3.8) is 0 Å². The smallest absolute Gasteiger partial charge is 0.312 e. The fraction of sp³-hybridized carbons (Fsp3) is 0.441. The van der Waals surface area contributed by atoms with Gasteiger partial charge in [0.1, 0.15) is 41.3 Å². The first-order chi connectivity index (χ1) is 22.7. The lowest BCUT2D eigenvalue weighted by molar-refractivity contribution is -0.324. The molecule has 13 heteroatoms. The third-order valence-corrected chi connectivity index (χ3v) is 9.25. The van der Waals surface area contributed by atoms with Gasteiger partial charge in [0.2, 0.25) is 6.29 Å². The van der Waals surface area contributed by atoms with Crippen molar-refractivity contribution in [3.05, 3.63) is 83.4 Å². The standard InChI is InChI=1S/C34H38O13/c1-40-20-12-10-19(11-13-20)34-27(18-8-6-5-7-9-18)26(30(38)42-3)29(37)33(34,39)28-23(41-2)14-21(15-24(28)47-34)45-32-31(43-4)44-17-25(46-32)22(36)16-35/h5-15,22,25-27,29,31-32,35-37,39H,16-17H2,1-4H3/t22?,25-,26-,27-,29-,31?,32-,33+,34+/m1/s1. The van der Waals surface area contributed by atoms with Crippen LogP contribution < -0.4 is 18.9 Å². The maximum Gasteiger partial charge on any atom is 0.312 e. The summed E-state index contributed by atoms with van der Waals surface area (Å²) in [7, 11) is 5.54. The highest BCUT2D eigenvalue weighted by atomic mass is 16.8. The molecule has 47 heavy (non-hydrogen) atoms.